The minimum absolute atomic E-state index is 0.0173. The van der Waals surface area contributed by atoms with Crippen LogP contribution in [-0.4, -0.2) is 15.5 Å². The lowest BCUT2D eigenvalue weighted by molar-refractivity contribution is -0.121. The summed E-state index contributed by atoms with van der Waals surface area (Å²) >= 11 is 3.46. The zero-order valence-electron chi connectivity index (χ0n) is 11.3. The molecule has 3 rings (SSSR count). The first-order valence-corrected chi connectivity index (χ1v) is 7.42. The monoisotopic (exact) mass is 343 g/mol. The van der Waals surface area contributed by atoms with Crippen LogP contribution in [0.2, 0.25) is 0 Å². The molecule has 106 valence electrons. The third-order valence-corrected chi connectivity index (χ3v) is 3.76. The predicted molar refractivity (Wildman–Crippen MR) is 85.7 cm³/mol. The number of pyridine rings is 1. The van der Waals surface area contributed by atoms with E-state index in [1.165, 1.54) is 0 Å². The number of benzene rings is 1. The molecule has 3 aromatic rings. The molecule has 21 heavy (non-hydrogen) atoms. The molecule has 0 aliphatic carbocycles. The molecule has 0 saturated carbocycles. The second kappa shape index (κ2) is 6.10. The first-order valence-electron chi connectivity index (χ1n) is 6.62. The normalized spacial score (nSPS) is 10.7. The van der Waals surface area contributed by atoms with Gasteiger partial charge in [-0.25, -0.2) is 0 Å². The summed E-state index contributed by atoms with van der Waals surface area (Å²) in [4.78, 5) is 16.1. The van der Waals surface area contributed by atoms with Crippen LogP contribution in [0.1, 0.15) is 5.56 Å². The van der Waals surface area contributed by atoms with Crippen LogP contribution in [0, 0.1) is 0 Å². The van der Waals surface area contributed by atoms with Gasteiger partial charge in [-0.3, -0.25) is 9.78 Å². The van der Waals surface area contributed by atoms with Crippen LogP contribution in [0.15, 0.2) is 59.5 Å². The largest absolute Gasteiger partial charge is 0.350 e. The highest BCUT2D eigenvalue weighted by molar-refractivity contribution is 9.10. The SMILES string of the molecule is O=C(Cn1ccc2ccc(Br)cc21)NCc1cccnc1. The van der Waals surface area contributed by atoms with Gasteiger partial charge in [-0.05, 0) is 35.2 Å². The Hall–Kier alpha value is -2.14. The van der Waals surface area contributed by atoms with E-state index in [2.05, 4.69) is 26.2 Å². The van der Waals surface area contributed by atoms with Crippen LogP contribution in [0.4, 0.5) is 0 Å². The van der Waals surface area contributed by atoms with E-state index in [9.17, 15) is 4.79 Å². The minimum Gasteiger partial charge on any atom is -0.350 e. The number of nitrogens with one attached hydrogen (secondary N) is 1. The maximum Gasteiger partial charge on any atom is 0.240 e. The number of hydrogen-bond donors (Lipinski definition) is 1. The molecule has 2 heterocycles. The molecular weight excluding hydrogens is 330 g/mol. The summed E-state index contributed by atoms with van der Waals surface area (Å²) in [5.74, 6) is -0.0173. The number of carbonyl (C=O) groups is 1. The lowest BCUT2D eigenvalue weighted by Crippen LogP contribution is -2.26. The van der Waals surface area contributed by atoms with Crippen molar-refractivity contribution in [3.63, 3.8) is 0 Å². The fourth-order valence-electron chi connectivity index (χ4n) is 2.21. The van der Waals surface area contributed by atoms with Gasteiger partial charge in [0, 0.05) is 35.1 Å². The van der Waals surface area contributed by atoms with E-state index in [4.69, 9.17) is 0 Å². The molecule has 0 aliphatic rings. The minimum atomic E-state index is -0.0173. The second-order valence-corrected chi connectivity index (χ2v) is 5.70. The molecular formula is C16H14BrN3O. The number of rotatable bonds is 4. The van der Waals surface area contributed by atoms with Crippen molar-refractivity contribution in [1.82, 2.24) is 14.9 Å². The molecule has 0 saturated heterocycles. The van der Waals surface area contributed by atoms with Crippen molar-refractivity contribution < 1.29 is 4.79 Å². The Bertz CT molecular complexity index is 768. The Morgan fingerprint density at radius 3 is 3.00 bits per heavy atom. The molecule has 0 aliphatic heterocycles. The standard InChI is InChI=1S/C16H14BrN3O/c17-14-4-3-13-5-7-20(15(13)8-14)11-16(21)19-10-12-2-1-6-18-9-12/h1-9H,10-11H2,(H,19,21). The van der Waals surface area contributed by atoms with Crippen LogP contribution in [0.3, 0.4) is 0 Å². The highest BCUT2D eigenvalue weighted by Crippen LogP contribution is 2.20. The van der Waals surface area contributed by atoms with Crippen LogP contribution in [0.5, 0.6) is 0 Å². The van der Waals surface area contributed by atoms with Gasteiger partial charge in [0.05, 0.1) is 0 Å². The van der Waals surface area contributed by atoms with Crippen molar-refractivity contribution in [2.75, 3.05) is 0 Å². The fraction of sp³-hybridized carbons (Fsp3) is 0.125. The molecule has 1 aromatic carbocycles. The molecule has 0 fully saturated rings. The number of fused-ring (bicyclic) bond motifs is 1. The smallest absolute Gasteiger partial charge is 0.240 e. The number of nitrogens with zero attached hydrogens (tertiary/aromatic N) is 2. The summed E-state index contributed by atoms with van der Waals surface area (Å²) < 4.78 is 2.95. The quantitative estimate of drug-likeness (QED) is 0.791. The predicted octanol–water partition coefficient (Wildman–Crippen LogP) is 3.12. The molecule has 0 unspecified atom stereocenters. The van der Waals surface area contributed by atoms with Gasteiger partial charge < -0.3 is 9.88 Å². The summed E-state index contributed by atoms with van der Waals surface area (Å²) in [7, 11) is 0. The zero-order valence-corrected chi connectivity index (χ0v) is 12.9. The number of carbonyl (C=O) groups excluding carboxylic acids is 1. The maximum absolute atomic E-state index is 12.0. The first-order chi connectivity index (χ1) is 10.2. The first kappa shape index (κ1) is 13.8. The molecule has 1 amide bonds. The van der Waals surface area contributed by atoms with Crippen molar-refractivity contribution in [1.29, 1.82) is 0 Å². The van der Waals surface area contributed by atoms with Gasteiger partial charge >= 0.3 is 0 Å². The average molecular weight is 344 g/mol. The van der Waals surface area contributed by atoms with Gasteiger partial charge in [-0.2, -0.15) is 0 Å². The van der Waals surface area contributed by atoms with E-state index >= 15 is 0 Å². The van der Waals surface area contributed by atoms with E-state index in [1.807, 2.05) is 47.2 Å². The fourth-order valence-corrected chi connectivity index (χ4v) is 2.56. The Morgan fingerprint density at radius 1 is 1.29 bits per heavy atom. The lowest BCUT2D eigenvalue weighted by Gasteiger charge is -2.07. The van der Waals surface area contributed by atoms with Crippen molar-refractivity contribution in [2.45, 2.75) is 13.1 Å². The highest BCUT2D eigenvalue weighted by Gasteiger charge is 2.06. The van der Waals surface area contributed by atoms with Gasteiger partial charge in [0.15, 0.2) is 0 Å². The van der Waals surface area contributed by atoms with Gasteiger partial charge in [0.25, 0.3) is 0 Å². The van der Waals surface area contributed by atoms with Crippen LogP contribution >= 0.6 is 15.9 Å². The number of aromatic nitrogens is 2. The molecule has 0 bridgehead atoms. The van der Waals surface area contributed by atoms with Crippen LogP contribution in [0.25, 0.3) is 10.9 Å². The van der Waals surface area contributed by atoms with Crippen molar-refractivity contribution in [3.05, 3.63) is 65.0 Å². The molecule has 1 N–H and O–H groups in total. The third kappa shape index (κ3) is 3.31. The maximum atomic E-state index is 12.0. The average Bonchev–Trinajstić information content (AvgIpc) is 2.88. The zero-order chi connectivity index (χ0) is 14.7. The van der Waals surface area contributed by atoms with Gasteiger partial charge in [0.2, 0.25) is 5.91 Å². The van der Waals surface area contributed by atoms with Gasteiger partial charge in [0.1, 0.15) is 6.54 Å². The summed E-state index contributed by atoms with van der Waals surface area (Å²) in [6, 6.07) is 11.9. The summed E-state index contributed by atoms with van der Waals surface area (Å²) in [6.07, 6.45) is 5.40. The van der Waals surface area contributed by atoms with Crippen molar-refractivity contribution in [2.24, 2.45) is 0 Å². The number of hydrogen-bond acceptors (Lipinski definition) is 2. The van der Waals surface area contributed by atoms with Gasteiger partial charge in [-0.15, -0.1) is 0 Å². The van der Waals surface area contributed by atoms with Crippen molar-refractivity contribution >= 4 is 32.7 Å². The Labute approximate surface area is 130 Å². The topological polar surface area (TPSA) is 46.9 Å². The molecule has 2 aromatic heterocycles. The van der Waals surface area contributed by atoms with Crippen molar-refractivity contribution in [3.8, 4) is 0 Å². The summed E-state index contributed by atoms with van der Waals surface area (Å²) in [6.45, 7) is 0.801. The molecule has 0 atom stereocenters. The van der Waals surface area contributed by atoms with Crippen LogP contribution in [-0.2, 0) is 17.9 Å². The van der Waals surface area contributed by atoms with E-state index < -0.39 is 0 Å². The number of amides is 1. The van der Waals surface area contributed by atoms with Gasteiger partial charge in [-0.1, -0.05) is 28.1 Å². The van der Waals surface area contributed by atoms with Crippen LogP contribution < -0.4 is 5.32 Å². The second-order valence-electron chi connectivity index (χ2n) is 4.78. The Balaban J connectivity index is 1.67. The lowest BCUT2D eigenvalue weighted by atomic mass is 10.2. The highest BCUT2D eigenvalue weighted by atomic mass is 79.9. The number of halogens is 1. The summed E-state index contributed by atoms with van der Waals surface area (Å²) in [5, 5.41) is 4.03. The summed E-state index contributed by atoms with van der Waals surface area (Å²) in [5.41, 5.74) is 2.03. The van der Waals surface area contributed by atoms with E-state index in [-0.39, 0.29) is 5.91 Å². The Kier molecular flexibility index (Phi) is 4.01. The van der Waals surface area contributed by atoms with E-state index in [0.29, 0.717) is 13.1 Å². The molecule has 4 nitrogen and oxygen atoms in total. The Morgan fingerprint density at radius 2 is 2.19 bits per heavy atom. The van der Waals surface area contributed by atoms with E-state index in [1.54, 1.807) is 12.4 Å². The molecule has 0 radical (unpaired) electrons. The third-order valence-electron chi connectivity index (χ3n) is 3.26. The van der Waals surface area contributed by atoms with E-state index in [0.717, 1.165) is 20.9 Å². The molecule has 0 spiro atoms. The molecule has 5 heteroatoms.